The van der Waals surface area contributed by atoms with Gasteiger partial charge in [-0.3, -0.25) is 10.1 Å². The summed E-state index contributed by atoms with van der Waals surface area (Å²) in [6, 6.07) is 15.2. The molecule has 2 aromatic carbocycles. The smallest absolute Gasteiger partial charge is 0.414 e. The predicted molar refractivity (Wildman–Crippen MR) is 98.2 cm³/mol. The van der Waals surface area contributed by atoms with Crippen molar-refractivity contribution in [1.82, 2.24) is 5.32 Å². The summed E-state index contributed by atoms with van der Waals surface area (Å²) in [7, 11) is 1.62. The lowest BCUT2D eigenvalue weighted by molar-refractivity contribution is -0.116. The van der Waals surface area contributed by atoms with Crippen LogP contribution in [0.2, 0.25) is 0 Å². The van der Waals surface area contributed by atoms with Crippen LogP contribution in [-0.4, -0.2) is 32.3 Å². The summed E-state index contributed by atoms with van der Waals surface area (Å²) in [5, 5.41) is 2.06. The van der Waals surface area contributed by atoms with Gasteiger partial charge in [-0.2, -0.15) is 0 Å². The van der Waals surface area contributed by atoms with E-state index < -0.39 is 12.0 Å². The molecule has 0 heterocycles. The Hall–Kier alpha value is -3.28. The third-order valence-corrected chi connectivity index (χ3v) is 3.47. The second-order valence-electron chi connectivity index (χ2n) is 5.44. The third-order valence-electron chi connectivity index (χ3n) is 3.47. The van der Waals surface area contributed by atoms with Crippen LogP contribution in [0.15, 0.2) is 60.7 Å². The molecule has 0 fully saturated rings. The maximum atomic E-state index is 11.5. The number of hydrogen-bond acceptors (Lipinski definition) is 5. The van der Waals surface area contributed by atoms with Crippen LogP contribution in [0, 0.1) is 0 Å². The van der Waals surface area contributed by atoms with Crippen LogP contribution in [0.25, 0.3) is 11.1 Å². The number of benzene rings is 2. The highest BCUT2D eigenvalue weighted by Crippen LogP contribution is 2.30. The SMILES string of the molecule is C=C(C)C(=O)NC(=O)OCCOc1ccccc1-c1ccc(OC)cc1. The molecule has 0 aliphatic carbocycles. The van der Waals surface area contributed by atoms with Crippen LogP contribution in [0.1, 0.15) is 6.92 Å². The van der Waals surface area contributed by atoms with Gasteiger partial charge in [0, 0.05) is 11.1 Å². The zero-order chi connectivity index (χ0) is 18.9. The standard InChI is InChI=1S/C20H21NO5/c1-14(2)19(22)21-20(23)26-13-12-25-18-7-5-4-6-17(18)15-8-10-16(24-3)11-9-15/h4-11H,1,12-13H2,2-3H3,(H,21,22,23). The number of ether oxygens (including phenoxy) is 3. The van der Waals surface area contributed by atoms with E-state index in [2.05, 4.69) is 11.9 Å². The first-order valence-corrected chi connectivity index (χ1v) is 8.01. The van der Waals surface area contributed by atoms with E-state index in [0.717, 1.165) is 16.9 Å². The zero-order valence-corrected chi connectivity index (χ0v) is 14.8. The van der Waals surface area contributed by atoms with E-state index in [9.17, 15) is 9.59 Å². The molecule has 0 saturated carbocycles. The van der Waals surface area contributed by atoms with Crippen molar-refractivity contribution in [2.24, 2.45) is 0 Å². The van der Waals surface area contributed by atoms with Crippen molar-refractivity contribution in [3.63, 3.8) is 0 Å². The summed E-state index contributed by atoms with van der Waals surface area (Å²) >= 11 is 0. The van der Waals surface area contributed by atoms with Gasteiger partial charge in [-0.25, -0.2) is 4.79 Å². The van der Waals surface area contributed by atoms with E-state index in [0.29, 0.717) is 5.75 Å². The zero-order valence-electron chi connectivity index (χ0n) is 14.8. The fourth-order valence-electron chi connectivity index (χ4n) is 2.12. The van der Waals surface area contributed by atoms with Crippen molar-refractivity contribution in [1.29, 1.82) is 0 Å². The Bertz CT molecular complexity index is 783. The quantitative estimate of drug-likeness (QED) is 0.607. The molecule has 0 bridgehead atoms. The Morgan fingerprint density at radius 1 is 1.04 bits per heavy atom. The minimum atomic E-state index is -0.829. The fraction of sp³-hybridized carbons (Fsp3) is 0.200. The topological polar surface area (TPSA) is 73.9 Å². The molecular weight excluding hydrogens is 334 g/mol. The van der Waals surface area contributed by atoms with Gasteiger partial charge in [0.25, 0.3) is 5.91 Å². The molecule has 1 N–H and O–H groups in total. The number of rotatable bonds is 7. The van der Waals surface area contributed by atoms with E-state index in [1.165, 1.54) is 6.92 Å². The number of amides is 2. The van der Waals surface area contributed by atoms with Gasteiger partial charge in [-0.15, -0.1) is 0 Å². The molecule has 0 spiro atoms. The van der Waals surface area contributed by atoms with Gasteiger partial charge in [-0.1, -0.05) is 36.9 Å². The first-order chi connectivity index (χ1) is 12.5. The monoisotopic (exact) mass is 355 g/mol. The molecule has 6 nitrogen and oxygen atoms in total. The van der Waals surface area contributed by atoms with Gasteiger partial charge in [-0.05, 0) is 30.7 Å². The predicted octanol–water partition coefficient (Wildman–Crippen LogP) is 3.57. The largest absolute Gasteiger partial charge is 0.497 e. The second-order valence-corrected chi connectivity index (χ2v) is 5.44. The Labute approximate surface area is 152 Å². The lowest BCUT2D eigenvalue weighted by atomic mass is 10.0. The average molecular weight is 355 g/mol. The first-order valence-electron chi connectivity index (χ1n) is 8.01. The Kier molecular flexibility index (Phi) is 6.79. The third kappa shape index (κ3) is 5.37. The van der Waals surface area contributed by atoms with Crippen molar-refractivity contribution in [2.75, 3.05) is 20.3 Å². The van der Waals surface area contributed by atoms with Gasteiger partial charge in [0.15, 0.2) is 0 Å². The number of methoxy groups -OCH3 is 1. The van der Waals surface area contributed by atoms with E-state index in [-0.39, 0.29) is 18.8 Å². The van der Waals surface area contributed by atoms with Crippen LogP contribution in [0.5, 0.6) is 11.5 Å². The summed E-state index contributed by atoms with van der Waals surface area (Å²) in [5.41, 5.74) is 2.12. The maximum Gasteiger partial charge on any atom is 0.414 e. The Morgan fingerprint density at radius 3 is 2.38 bits per heavy atom. The highest BCUT2D eigenvalue weighted by atomic mass is 16.6. The minimum absolute atomic E-state index is 0.00620. The normalized spacial score (nSPS) is 9.92. The van der Waals surface area contributed by atoms with Crippen molar-refractivity contribution >= 4 is 12.0 Å². The van der Waals surface area contributed by atoms with Gasteiger partial charge < -0.3 is 14.2 Å². The lowest BCUT2D eigenvalue weighted by Crippen LogP contribution is -2.32. The molecule has 6 heteroatoms. The second kappa shape index (κ2) is 9.27. The summed E-state index contributed by atoms with van der Waals surface area (Å²) < 4.78 is 15.8. The molecule has 0 aliphatic rings. The number of nitrogens with one attached hydrogen (secondary N) is 1. The molecule has 2 amide bonds. The molecule has 2 aromatic rings. The summed E-state index contributed by atoms with van der Waals surface area (Å²) in [5.74, 6) is 0.872. The molecule has 0 unspecified atom stereocenters. The number of alkyl carbamates (subject to hydrolysis) is 1. The van der Waals surface area contributed by atoms with E-state index >= 15 is 0 Å². The summed E-state index contributed by atoms with van der Waals surface area (Å²) in [6.45, 7) is 5.10. The number of carbonyl (C=O) groups is 2. The first kappa shape index (κ1) is 19.1. The van der Waals surface area contributed by atoms with Crippen LogP contribution >= 0.6 is 0 Å². The van der Waals surface area contributed by atoms with Gasteiger partial charge >= 0.3 is 6.09 Å². The van der Waals surface area contributed by atoms with Crippen molar-refractivity contribution in [3.8, 4) is 22.6 Å². The van der Waals surface area contributed by atoms with Crippen molar-refractivity contribution < 1.29 is 23.8 Å². The molecule has 2 rings (SSSR count). The van der Waals surface area contributed by atoms with Crippen molar-refractivity contribution in [2.45, 2.75) is 6.92 Å². The molecular formula is C20H21NO5. The van der Waals surface area contributed by atoms with Crippen molar-refractivity contribution in [3.05, 3.63) is 60.7 Å². The highest BCUT2D eigenvalue weighted by molar-refractivity contribution is 6.01. The van der Waals surface area contributed by atoms with Gasteiger partial charge in [0.2, 0.25) is 0 Å². The van der Waals surface area contributed by atoms with Gasteiger partial charge in [0.1, 0.15) is 24.7 Å². The Balaban J connectivity index is 1.91. The number of carbonyl (C=O) groups excluding carboxylic acids is 2. The number of imide groups is 1. The summed E-state index contributed by atoms with van der Waals surface area (Å²) in [4.78, 5) is 22.8. The number of hydrogen-bond donors (Lipinski definition) is 1. The Morgan fingerprint density at radius 2 is 1.73 bits per heavy atom. The number of para-hydroxylation sites is 1. The molecule has 0 radical (unpaired) electrons. The molecule has 136 valence electrons. The minimum Gasteiger partial charge on any atom is -0.497 e. The molecule has 0 aromatic heterocycles. The van der Waals surface area contributed by atoms with Crippen LogP contribution in [0.3, 0.4) is 0 Å². The maximum absolute atomic E-state index is 11.5. The molecule has 0 aliphatic heterocycles. The molecule has 0 saturated heterocycles. The highest BCUT2D eigenvalue weighted by Gasteiger charge is 2.10. The molecule has 26 heavy (non-hydrogen) atoms. The van der Waals surface area contributed by atoms with E-state index in [1.807, 2.05) is 48.5 Å². The van der Waals surface area contributed by atoms with Crippen LogP contribution < -0.4 is 14.8 Å². The van der Waals surface area contributed by atoms with Crippen LogP contribution in [0.4, 0.5) is 4.79 Å². The molecule has 0 atom stereocenters. The van der Waals surface area contributed by atoms with Crippen LogP contribution in [-0.2, 0) is 9.53 Å². The average Bonchev–Trinajstić information content (AvgIpc) is 2.65. The van der Waals surface area contributed by atoms with Gasteiger partial charge in [0.05, 0.1) is 7.11 Å². The summed E-state index contributed by atoms with van der Waals surface area (Å²) in [6.07, 6.45) is -0.829. The van der Waals surface area contributed by atoms with E-state index in [1.54, 1.807) is 7.11 Å². The fourth-order valence-corrected chi connectivity index (χ4v) is 2.12. The van der Waals surface area contributed by atoms with E-state index in [4.69, 9.17) is 14.2 Å². The lowest BCUT2D eigenvalue weighted by Gasteiger charge is -2.12.